The average Bonchev–Trinajstić information content (AvgIpc) is 3.10. The second-order valence-electron chi connectivity index (χ2n) is 6.61. The molecule has 4 rings (SSSR count). The van der Waals surface area contributed by atoms with E-state index in [0.29, 0.717) is 23.9 Å². The van der Waals surface area contributed by atoms with Crippen molar-refractivity contribution in [2.75, 3.05) is 6.54 Å². The molecule has 2 aromatic carbocycles. The third kappa shape index (κ3) is 3.64. The van der Waals surface area contributed by atoms with E-state index in [1.807, 2.05) is 12.3 Å². The Balaban J connectivity index is 1.33. The van der Waals surface area contributed by atoms with Gasteiger partial charge in [-0.1, -0.05) is 12.1 Å². The van der Waals surface area contributed by atoms with Gasteiger partial charge in [-0.25, -0.2) is 9.37 Å². The van der Waals surface area contributed by atoms with Crippen molar-refractivity contribution in [1.82, 2.24) is 19.9 Å². The van der Waals surface area contributed by atoms with Crippen LogP contribution >= 0.6 is 0 Å². The molecule has 2 aromatic heterocycles. The van der Waals surface area contributed by atoms with Crippen LogP contribution in [-0.2, 0) is 17.8 Å². The van der Waals surface area contributed by atoms with Crippen LogP contribution in [0, 0.1) is 5.82 Å². The van der Waals surface area contributed by atoms with Crippen LogP contribution in [0.25, 0.3) is 21.8 Å². The first-order valence-electron chi connectivity index (χ1n) is 9.08. The number of hydrogen-bond donors (Lipinski definition) is 2. The van der Waals surface area contributed by atoms with Crippen LogP contribution in [0.1, 0.15) is 12.0 Å². The molecular formula is C21H19FN4O2. The number of fused-ring (bicyclic) bond motifs is 2. The van der Waals surface area contributed by atoms with Crippen LogP contribution in [0.3, 0.4) is 0 Å². The Morgan fingerprint density at radius 2 is 2.04 bits per heavy atom. The highest BCUT2D eigenvalue weighted by Crippen LogP contribution is 2.19. The van der Waals surface area contributed by atoms with E-state index in [4.69, 9.17) is 0 Å². The van der Waals surface area contributed by atoms with Gasteiger partial charge in [0.1, 0.15) is 5.82 Å². The van der Waals surface area contributed by atoms with Crippen molar-refractivity contribution in [2.24, 2.45) is 0 Å². The molecule has 2 N–H and O–H groups in total. The summed E-state index contributed by atoms with van der Waals surface area (Å²) in [5, 5.41) is 4.21. The molecular weight excluding hydrogens is 359 g/mol. The second kappa shape index (κ2) is 7.64. The predicted octanol–water partition coefficient (Wildman–Crippen LogP) is 2.77. The first-order valence-corrected chi connectivity index (χ1v) is 9.08. The van der Waals surface area contributed by atoms with Gasteiger partial charge in [0.25, 0.3) is 5.56 Å². The Kier molecular flexibility index (Phi) is 4.89. The fourth-order valence-corrected chi connectivity index (χ4v) is 3.27. The van der Waals surface area contributed by atoms with Gasteiger partial charge < -0.3 is 10.3 Å². The third-order valence-electron chi connectivity index (χ3n) is 4.76. The minimum atomic E-state index is -0.285. The Morgan fingerprint density at radius 3 is 2.93 bits per heavy atom. The maximum Gasteiger partial charge on any atom is 0.261 e. The van der Waals surface area contributed by atoms with Gasteiger partial charge in [-0.2, -0.15) is 0 Å². The molecule has 0 spiro atoms. The van der Waals surface area contributed by atoms with Crippen LogP contribution in [0.4, 0.5) is 4.39 Å². The number of hydrogen-bond acceptors (Lipinski definition) is 3. The summed E-state index contributed by atoms with van der Waals surface area (Å²) in [7, 11) is 0. The van der Waals surface area contributed by atoms with Crippen molar-refractivity contribution >= 4 is 27.7 Å². The summed E-state index contributed by atoms with van der Waals surface area (Å²) < 4.78 is 14.9. The molecule has 0 aliphatic rings. The summed E-state index contributed by atoms with van der Waals surface area (Å²) in [5.74, 6) is -0.432. The van der Waals surface area contributed by atoms with Crippen molar-refractivity contribution in [2.45, 2.75) is 19.4 Å². The number of H-pyrrole nitrogens is 1. The number of amides is 1. The van der Waals surface area contributed by atoms with Crippen molar-refractivity contribution in [1.29, 1.82) is 0 Å². The molecule has 0 radical (unpaired) electrons. The van der Waals surface area contributed by atoms with Gasteiger partial charge in [0.15, 0.2) is 0 Å². The minimum Gasteiger partial charge on any atom is -0.361 e. The molecule has 0 unspecified atom stereocenters. The number of rotatable bonds is 6. The van der Waals surface area contributed by atoms with Crippen molar-refractivity contribution < 1.29 is 9.18 Å². The number of carbonyl (C=O) groups excluding carboxylic acids is 1. The monoisotopic (exact) mass is 378 g/mol. The first-order chi connectivity index (χ1) is 13.6. The topological polar surface area (TPSA) is 79.8 Å². The minimum absolute atomic E-state index is 0.147. The lowest BCUT2D eigenvalue weighted by Gasteiger charge is -2.08. The largest absolute Gasteiger partial charge is 0.361 e. The van der Waals surface area contributed by atoms with Gasteiger partial charge in [-0.15, -0.1) is 0 Å². The summed E-state index contributed by atoms with van der Waals surface area (Å²) in [5.41, 5.74) is 2.30. The standard InChI is InChI=1S/C21H19FN4O2/c22-15-5-6-19-17(11-15)14(12-24-19)7-9-23-20(27)8-10-26-13-25-18-4-2-1-3-16(18)21(26)28/h1-6,11-13,24H,7-10H2,(H,23,27). The third-order valence-corrected chi connectivity index (χ3v) is 4.76. The number of aromatic amines is 1. The molecule has 1 amide bonds. The molecule has 4 aromatic rings. The molecule has 0 saturated heterocycles. The summed E-state index contributed by atoms with van der Waals surface area (Å²) >= 11 is 0. The van der Waals surface area contributed by atoms with E-state index in [1.54, 1.807) is 24.3 Å². The summed E-state index contributed by atoms with van der Waals surface area (Å²) in [6.45, 7) is 0.702. The fraction of sp³-hybridized carbons (Fsp3) is 0.190. The maximum absolute atomic E-state index is 13.4. The first kappa shape index (κ1) is 17.9. The zero-order valence-electron chi connectivity index (χ0n) is 15.1. The van der Waals surface area contributed by atoms with E-state index in [1.165, 1.54) is 23.0 Å². The van der Waals surface area contributed by atoms with Crippen molar-refractivity contribution in [3.05, 3.63) is 76.7 Å². The number of aryl methyl sites for hydroxylation is 1. The second-order valence-corrected chi connectivity index (χ2v) is 6.61. The van der Waals surface area contributed by atoms with Gasteiger partial charge in [-0.3, -0.25) is 14.2 Å². The highest BCUT2D eigenvalue weighted by atomic mass is 19.1. The maximum atomic E-state index is 13.4. The van der Waals surface area contributed by atoms with Gasteiger partial charge in [0.2, 0.25) is 5.91 Å². The van der Waals surface area contributed by atoms with E-state index < -0.39 is 0 Å². The molecule has 28 heavy (non-hydrogen) atoms. The Bertz CT molecular complexity index is 1210. The Hall–Kier alpha value is -3.48. The molecule has 142 valence electrons. The van der Waals surface area contributed by atoms with Crippen LogP contribution in [0.15, 0.2) is 59.8 Å². The highest BCUT2D eigenvalue weighted by molar-refractivity contribution is 5.83. The van der Waals surface area contributed by atoms with Crippen LogP contribution < -0.4 is 10.9 Å². The highest BCUT2D eigenvalue weighted by Gasteiger charge is 2.08. The average molecular weight is 378 g/mol. The van der Waals surface area contributed by atoms with E-state index in [0.717, 1.165) is 16.5 Å². The molecule has 2 heterocycles. The molecule has 0 fully saturated rings. The van der Waals surface area contributed by atoms with Gasteiger partial charge in [0, 0.05) is 36.6 Å². The predicted molar refractivity (Wildman–Crippen MR) is 106 cm³/mol. The molecule has 0 bridgehead atoms. The SMILES string of the molecule is O=C(CCn1cnc2ccccc2c1=O)NCCc1c[nH]c2ccc(F)cc12. The van der Waals surface area contributed by atoms with E-state index in [9.17, 15) is 14.0 Å². The number of benzene rings is 2. The normalized spacial score (nSPS) is 11.2. The van der Waals surface area contributed by atoms with Crippen LogP contribution in [0.2, 0.25) is 0 Å². The lowest BCUT2D eigenvalue weighted by atomic mass is 10.1. The number of halogens is 1. The number of aromatic nitrogens is 3. The lowest BCUT2D eigenvalue weighted by Crippen LogP contribution is -2.29. The van der Waals surface area contributed by atoms with Crippen molar-refractivity contribution in [3.63, 3.8) is 0 Å². The van der Waals surface area contributed by atoms with Crippen LogP contribution in [0.5, 0.6) is 0 Å². The van der Waals surface area contributed by atoms with Gasteiger partial charge in [0.05, 0.1) is 17.2 Å². The fourth-order valence-electron chi connectivity index (χ4n) is 3.27. The van der Waals surface area contributed by atoms with Gasteiger partial charge in [-0.05, 0) is 42.3 Å². The van der Waals surface area contributed by atoms with Crippen LogP contribution in [-0.4, -0.2) is 27.0 Å². The molecule has 7 heteroatoms. The number of nitrogens with zero attached hydrogens (tertiary/aromatic N) is 2. The molecule has 0 atom stereocenters. The zero-order chi connectivity index (χ0) is 19.5. The van der Waals surface area contributed by atoms with E-state index in [2.05, 4.69) is 15.3 Å². The van der Waals surface area contributed by atoms with Crippen molar-refractivity contribution in [3.8, 4) is 0 Å². The number of para-hydroxylation sites is 1. The van der Waals surface area contributed by atoms with E-state index >= 15 is 0 Å². The summed E-state index contributed by atoms with van der Waals surface area (Å²) in [6.07, 6.45) is 4.07. The van der Waals surface area contributed by atoms with Gasteiger partial charge >= 0.3 is 0 Å². The molecule has 0 aliphatic heterocycles. The lowest BCUT2D eigenvalue weighted by molar-refractivity contribution is -0.121. The number of nitrogens with one attached hydrogen (secondary N) is 2. The quantitative estimate of drug-likeness (QED) is 0.541. The summed E-state index contributed by atoms with van der Waals surface area (Å²) in [4.78, 5) is 31.9. The Labute approximate surface area is 160 Å². The van der Waals surface area contributed by atoms with E-state index in [-0.39, 0.29) is 30.2 Å². The molecule has 0 aliphatic carbocycles. The number of carbonyl (C=O) groups is 1. The zero-order valence-corrected chi connectivity index (χ0v) is 15.1. The summed E-state index contributed by atoms with van der Waals surface area (Å²) in [6, 6.07) is 11.7. The smallest absolute Gasteiger partial charge is 0.261 e. The molecule has 0 saturated carbocycles. The molecule has 6 nitrogen and oxygen atoms in total. The Morgan fingerprint density at radius 1 is 1.18 bits per heavy atom.